The van der Waals surface area contributed by atoms with E-state index in [1.165, 1.54) is 6.07 Å². The lowest BCUT2D eigenvalue weighted by Gasteiger charge is -2.13. The molecule has 1 aromatic heterocycles. The van der Waals surface area contributed by atoms with Crippen LogP contribution >= 0.6 is 0 Å². The van der Waals surface area contributed by atoms with Crippen LogP contribution in [-0.4, -0.2) is 27.1 Å². The van der Waals surface area contributed by atoms with Crippen molar-refractivity contribution in [2.45, 2.75) is 0 Å². The van der Waals surface area contributed by atoms with Gasteiger partial charge in [-0.05, 0) is 12.1 Å². The maximum Gasteiger partial charge on any atom is 0.342 e. The number of carboxylic acid groups (broad SMARTS) is 2. The summed E-state index contributed by atoms with van der Waals surface area (Å²) in [5.74, 6) is -6.86. The van der Waals surface area contributed by atoms with E-state index < -0.39 is 62.8 Å². The molecule has 0 amide bonds. The maximum absolute atomic E-state index is 14.2. The van der Waals surface area contributed by atoms with Crippen molar-refractivity contribution in [1.82, 2.24) is 4.98 Å². The molecule has 1 aromatic carbocycles. The Labute approximate surface area is 131 Å². The molecule has 0 saturated heterocycles. The summed E-state index contributed by atoms with van der Waals surface area (Å²) in [4.78, 5) is 36.3. The van der Waals surface area contributed by atoms with Gasteiger partial charge in [0.2, 0.25) is 0 Å². The van der Waals surface area contributed by atoms with Crippen LogP contribution in [0.15, 0.2) is 16.9 Å². The first-order chi connectivity index (χ1) is 11.2. The summed E-state index contributed by atoms with van der Waals surface area (Å²) >= 11 is 0. The number of aromatic amines is 1. The third-order valence-corrected chi connectivity index (χ3v) is 3.12. The number of nitrogens with two attached hydrogens (primary N) is 1. The average molecular weight is 335 g/mol. The van der Waals surface area contributed by atoms with Crippen LogP contribution in [0.1, 0.15) is 26.3 Å². The predicted molar refractivity (Wildman–Crippen MR) is 75.5 cm³/mol. The summed E-state index contributed by atoms with van der Waals surface area (Å²) in [5, 5.41) is 27.0. The number of pyridine rings is 1. The molecule has 0 unspecified atom stereocenters. The number of halogens is 2. The normalized spacial score (nSPS) is 10.2. The lowest BCUT2D eigenvalue weighted by Crippen LogP contribution is -2.24. The molecule has 1 heterocycles. The molecule has 2 rings (SSSR count). The number of anilines is 1. The van der Waals surface area contributed by atoms with Crippen LogP contribution in [0.2, 0.25) is 0 Å². The highest BCUT2D eigenvalue weighted by Gasteiger charge is 2.28. The molecule has 0 bridgehead atoms. The zero-order valence-corrected chi connectivity index (χ0v) is 11.6. The number of nitrogens with zero attached hydrogens (tertiary/aromatic N) is 1. The number of nitrogen functional groups attached to an aromatic ring is 1. The van der Waals surface area contributed by atoms with Crippen molar-refractivity contribution in [2.24, 2.45) is 0 Å². The van der Waals surface area contributed by atoms with Gasteiger partial charge in [-0.2, -0.15) is 5.26 Å². The summed E-state index contributed by atoms with van der Waals surface area (Å²) < 4.78 is 28.0. The molecule has 0 aliphatic carbocycles. The monoisotopic (exact) mass is 335 g/mol. The smallest absolute Gasteiger partial charge is 0.342 e. The quantitative estimate of drug-likeness (QED) is 0.655. The fourth-order valence-electron chi connectivity index (χ4n) is 2.14. The van der Waals surface area contributed by atoms with Gasteiger partial charge in [0.25, 0.3) is 5.56 Å². The topological polar surface area (TPSA) is 157 Å². The molecule has 0 atom stereocenters. The zero-order valence-electron chi connectivity index (χ0n) is 11.6. The van der Waals surface area contributed by atoms with Crippen LogP contribution in [-0.2, 0) is 0 Å². The Balaban J connectivity index is 3.06. The molecule has 0 spiro atoms. The number of nitrogens with one attached hydrogen (secondary N) is 1. The second-order valence-corrected chi connectivity index (χ2v) is 4.53. The standard InChI is InChI=1S/C14H7F2N3O5/c15-6-2-5(7(16)1-4(6)3-17)8-9(13(21)22)11(18)19-12(20)10(8)14(23)24/h1-2H,(H,21,22)(H,23,24)(H3,18,19,20). The minimum absolute atomic E-state index is 0.432. The van der Waals surface area contributed by atoms with E-state index in [2.05, 4.69) is 0 Å². The van der Waals surface area contributed by atoms with Crippen LogP contribution in [0.5, 0.6) is 0 Å². The number of hydrogen-bond acceptors (Lipinski definition) is 5. The van der Waals surface area contributed by atoms with Crippen molar-refractivity contribution >= 4 is 17.8 Å². The van der Waals surface area contributed by atoms with Crippen molar-refractivity contribution in [2.75, 3.05) is 5.73 Å². The van der Waals surface area contributed by atoms with E-state index in [0.717, 1.165) is 0 Å². The minimum atomic E-state index is -1.86. The molecule has 5 N–H and O–H groups in total. The van der Waals surface area contributed by atoms with E-state index in [9.17, 15) is 28.3 Å². The molecule has 24 heavy (non-hydrogen) atoms. The van der Waals surface area contributed by atoms with Gasteiger partial charge in [0.15, 0.2) is 0 Å². The Morgan fingerprint density at radius 1 is 1.12 bits per heavy atom. The zero-order chi connectivity index (χ0) is 18.2. The van der Waals surface area contributed by atoms with Crippen LogP contribution in [0.25, 0.3) is 11.1 Å². The molecule has 8 nitrogen and oxygen atoms in total. The minimum Gasteiger partial charge on any atom is -0.478 e. The molecule has 122 valence electrons. The number of aromatic nitrogens is 1. The number of aromatic carboxylic acids is 2. The lowest BCUT2D eigenvalue weighted by atomic mass is 9.94. The van der Waals surface area contributed by atoms with Gasteiger partial charge < -0.3 is 20.9 Å². The third kappa shape index (κ3) is 2.54. The first-order valence-electron chi connectivity index (χ1n) is 6.10. The second-order valence-electron chi connectivity index (χ2n) is 4.53. The van der Waals surface area contributed by atoms with Crippen molar-refractivity contribution in [1.29, 1.82) is 5.26 Å². The van der Waals surface area contributed by atoms with Gasteiger partial charge >= 0.3 is 11.9 Å². The van der Waals surface area contributed by atoms with E-state index in [1.54, 1.807) is 0 Å². The number of benzene rings is 1. The fraction of sp³-hybridized carbons (Fsp3) is 0. The number of rotatable bonds is 3. The molecular formula is C14H7F2N3O5. The third-order valence-electron chi connectivity index (χ3n) is 3.12. The molecule has 2 aromatic rings. The molecule has 10 heteroatoms. The van der Waals surface area contributed by atoms with Gasteiger partial charge in [0.05, 0.1) is 5.56 Å². The Morgan fingerprint density at radius 2 is 1.71 bits per heavy atom. The van der Waals surface area contributed by atoms with E-state index >= 15 is 0 Å². The molecule has 0 fully saturated rings. The van der Waals surface area contributed by atoms with Gasteiger partial charge in [0.1, 0.15) is 34.6 Å². The number of carboxylic acids is 2. The van der Waals surface area contributed by atoms with Gasteiger partial charge in [-0.3, -0.25) is 4.79 Å². The fourth-order valence-corrected chi connectivity index (χ4v) is 2.14. The predicted octanol–water partition coefficient (Wildman–Crippen LogP) is 1.17. The SMILES string of the molecule is N#Cc1cc(F)c(-c2c(C(=O)O)c(N)[nH]c(=O)c2C(=O)O)cc1F. The summed E-state index contributed by atoms with van der Waals surface area (Å²) in [7, 11) is 0. The largest absolute Gasteiger partial charge is 0.478 e. The van der Waals surface area contributed by atoms with Crippen molar-refractivity contribution in [3.8, 4) is 17.2 Å². The highest BCUT2D eigenvalue weighted by Crippen LogP contribution is 2.32. The Hall–Kier alpha value is -3.74. The van der Waals surface area contributed by atoms with Crippen LogP contribution in [0.4, 0.5) is 14.6 Å². The Bertz CT molecular complexity index is 991. The average Bonchev–Trinajstić information content (AvgIpc) is 2.47. The van der Waals surface area contributed by atoms with E-state index in [-0.39, 0.29) is 0 Å². The maximum atomic E-state index is 14.2. The Kier molecular flexibility index (Phi) is 4.02. The van der Waals surface area contributed by atoms with Crippen LogP contribution in [0.3, 0.4) is 0 Å². The van der Waals surface area contributed by atoms with E-state index in [1.807, 2.05) is 4.98 Å². The Morgan fingerprint density at radius 3 is 2.21 bits per heavy atom. The van der Waals surface area contributed by atoms with Crippen LogP contribution in [0, 0.1) is 23.0 Å². The summed E-state index contributed by atoms with van der Waals surface area (Å²) in [5.41, 5.74) is -0.330. The molecular weight excluding hydrogens is 328 g/mol. The van der Waals surface area contributed by atoms with Gasteiger partial charge in [0, 0.05) is 11.1 Å². The van der Waals surface area contributed by atoms with Gasteiger partial charge in [-0.15, -0.1) is 0 Å². The highest BCUT2D eigenvalue weighted by atomic mass is 19.1. The molecule has 0 saturated carbocycles. The molecule has 0 aliphatic rings. The second kappa shape index (κ2) is 5.81. The van der Waals surface area contributed by atoms with E-state index in [0.29, 0.717) is 12.1 Å². The lowest BCUT2D eigenvalue weighted by molar-refractivity contribution is 0.0695. The molecule has 0 aliphatic heterocycles. The van der Waals surface area contributed by atoms with Gasteiger partial charge in [-0.25, -0.2) is 18.4 Å². The number of hydrogen-bond donors (Lipinski definition) is 4. The first kappa shape index (κ1) is 16.6. The molecule has 0 radical (unpaired) electrons. The van der Waals surface area contributed by atoms with Crippen molar-refractivity contribution in [3.63, 3.8) is 0 Å². The number of nitriles is 1. The van der Waals surface area contributed by atoms with Crippen molar-refractivity contribution in [3.05, 3.63) is 50.8 Å². The number of H-pyrrole nitrogens is 1. The first-order valence-corrected chi connectivity index (χ1v) is 6.10. The van der Waals surface area contributed by atoms with Gasteiger partial charge in [-0.1, -0.05) is 0 Å². The summed E-state index contributed by atoms with van der Waals surface area (Å²) in [6, 6.07) is 2.26. The number of carbonyl (C=O) groups is 2. The van der Waals surface area contributed by atoms with Crippen molar-refractivity contribution < 1.29 is 28.6 Å². The van der Waals surface area contributed by atoms with Crippen LogP contribution < -0.4 is 11.3 Å². The van der Waals surface area contributed by atoms with E-state index in [4.69, 9.17) is 16.1 Å². The summed E-state index contributed by atoms with van der Waals surface area (Å²) in [6.07, 6.45) is 0. The highest BCUT2D eigenvalue weighted by molar-refractivity contribution is 6.07. The summed E-state index contributed by atoms with van der Waals surface area (Å²) in [6.45, 7) is 0.